The Labute approximate surface area is 203 Å². The smallest absolute Gasteiger partial charge is 0.336 e. The second-order valence-corrected chi connectivity index (χ2v) is 8.95. The number of nitrogens with zero attached hydrogens (tertiary/aromatic N) is 1. The molecule has 0 radical (unpaired) electrons. The normalized spacial score (nSPS) is 13.5. The van der Waals surface area contributed by atoms with E-state index in [1.807, 2.05) is 0 Å². The minimum Gasteiger partial charge on any atom is -0.478 e. The summed E-state index contributed by atoms with van der Waals surface area (Å²) in [4.78, 5) is 51.9. The van der Waals surface area contributed by atoms with Crippen molar-refractivity contribution in [2.45, 2.75) is 12.8 Å². The van der Waals surface area contributed by atoms with Gasteiger partial charge in [0.2, 0.25) is 0 Å². The van der Waals surface area contributed by atoms with Crippen molar-refractivity contribution < 1.29 is 34.5 Å². The van der Waals surface area contributed by atoms with Gasteiger partial charge in [-0.05, 0) is 69.4 Å². The minimum absolute atomic E-state index is 0.0206. The number of hydrogen-bond donors (Lipinski definition) is 3. The van der Waals surface area contributed by atoms with Crippen molar-refractivity contribution in [3.05, 3.63) is 70.8 Å². The number of amides is 2. The molecule has 0 spiro atoms. The van der Waals surface area contributed by atoms with Crippen LogP contribution in [-0.4, -0.2) is 57.1 Å². The molecule has 0 aromatic heterocycles. The zero-order chi connectivity index (χ0) is 25.3. The van der Waals surface area contributed by atoms with E-state index in [2.05, 4.69) is 0 Å². The molecule has 8 heteroatoms. The third-order valence-corrected chi connectivity index (χ3v) is 7.10. The Kier molecular flexibility index (Phi) is 4.71. The summed E-state index contributed by atoms with van der Waals surface area (Å²) in [6, 6.07) is 13.0. The maximum atomic E-state index is 13.3. The molecule has 5 aromatic carbocycles. The van der Waals surface area contributed by atoms with E-state index < -0.39 is 23.8 Å². The van der Waals surface area contributed by atoms with Gasteiger partial charge in [0, 0.05) is 35.1 Å². The number of imide groups is 1. The van der Waals surface area contributed by atoms with Crippen molar-refractivity contribution in [1.82, 2.24) is 4.90 Å². The van der Waals surface area contributed by atoms with Crippen molar-refractivity contribution in [1.29, 1.82) is 0 Å². The maximum absolute atomic E-state index is 13.3. The molecule has 2 amide bonds. The van der Waals surface area contributed by atoms with Crippen LogP contribution in [0.4, 0.5) is 0 Å². The molecule has 0 saturated carbocycles. The molecule has 8 nitrogen and oxygen atoms in total. The number of carbonyl (C=O) groups excluding carboxylic acids is 2. The summed E-state index contributed by atoms with van der Waals surface area (Å²) in [6.07, 6.45) is 0.977. The maximum Gasteiger partial charge on any atom is 0.336 e. The highest BCUT2D eigenvalue weighted by Gasteiger charge is 2.34. The van der Waals surface area contributed by atoms with Crippen LogP contribution in [0.3, 0.4) is 0 Å². The first-order valence-electron chi connectivity index (χ1n) is 11.5. The largest absolute Gasteiger partial charge is 0.478 e. The van der Waals surface area contributed by atoms with Crippen molar-refractivity contribution >= 4 is 66.8 Å². The number of aliphatic hydroxyl groups is 1. The number of benzene rings is 5. The highest BCUT2D eigenvalue weighted by atomic mass is 16.4. The monoisotopic (exact) mass is 481 g/mol. The number of carboxylic acids is 2. The first-order chi connectivity index (χ1) is 17.3. The summed E-state index contributed by atoms with van der Waals surface area (Å²) >= 11 is 0. The van der Waals surface area contributed by atoms with Gasteiger partial charge in [0.05, 0.1) is 11.1 Å². The lowest BCUT2D eigenvalue weighted by atomic mass is 9.83. The van der Waals surface area contributed by atoms with Gasteiger partial charge in [-0.15, -0.1) is 0 Å². The van der Waals surface area contributed by atoms with E-state index in [9.17, 15) is 29.4 Å². The Hall–Kier alpha value is -4.56. The quantitative estimate of drug-likeness (QED) is 0.141. The molecule has 6 rings (SSSR count). The summed E-state index contributed by atoms with van der Waals surface area (Å²) in [6.45, 7) is 0.188. The van der Waals surface area contributed by atoms with Crippen molar-refractivity contribution in [2.75, 3.05) is 13.2 Å². The van der Waals surface area contributed by atoms with Gasteiger partial charge < -0.3 is 15.3 Å². The number of fused-ring (bicyclic) bond motifs is 2. The molecule has 1 aliphatic rings. The SMILES string of the molecule is O=C(O)c1ccc2c3ccc4c5c(ccc(c6ccc(C(=O)O)c1c26)c53)C(=O)N(CCCCO)C4=O. The molecule has 36 heavy (non-hydrogen) atoms. The van der Waals surface area contributed by atoms with E-state index in [4.69, 9.17) is 5.11 Å². The van der Waals surface area contributed by atoms with E-state index in [1.54, 1.807) is 36.4 Å². The van der Waals surface area contributed by atoms with Crippen LogP contribution in [-0.2, 0) is 0 Å². The number of carbonyl (C=O) groups is 4. The fourth-order valence-corrected chi connectivity index (χ4v) is 5.57. The molecule has 0 saturated heterocycles. The Morgan fingerprint density at radius 1 is 0.611 bits per heavy atom. The summed E-state index contributed by atoms with van der Waals surface area (Å²) in [7, 11) is 0. The van der Waals surface area contributed by atoms with Crippen molar-refractivity contribution in [3.8, 4) is 0 Å². The average molecular weight is 481 g/mol. The second-order valence-electron chi connectivity index (χ2n) is 8.95. The molecule has 3 N–H and O–H groups in total. The number of hydrogen-bond acceptors (Lipinski definition) is 5. The van der Waals surface area contributed by atoms with Gasteiger partial charge in [-0.1, -0.05) is 24.3 Å². The zero-order valence-electron chi connectivity index (χ0n) is 18.9. The Balaban J connectivity index is 1.74. The molecule has 0 bridgehead atoms. The van der Waals surface area contributed by atoms with E-state index in [0.717, 1.165) is 0 Å². The standard InChI is InChI=1S/C28H19NO7/c30-12-2-1-11-29-25(31)17-7-3-13-15-5-9-19(27(33)34)24-20(28(35)36)10-6-16(22(15)24)14-4-8-18(26(29)32)23(17)21(13)14/h3-10,30H,1-2,11-12H2,(H,33,34)(H,35,36). The molecular formula is C28H19NO7. The first kappa shape index (κ1) is 21.9. The molecule has 178 valence electrons. The van der Waals surface area contributed by atoms with E-state index in [1.165, 1.54) is 17.0 Å². The van der Waals surface area contributed by atoms with Crippen LogP contribution in [0.2, 0.25) is 0 Å². The van der Waals surface area contributed by atoms with Gasteiger partial charge in [-0.2, -0.15) is 0 Å². The van der Waals surface area contributed by atoms with E-state index in [0.29, 0.717) is 61.7 Å². The Morgan fingerprint density at radius 3 is 1.50 bits per heavy atom. The molecule has 0 unspecified atom stereocenters. The van der Waals surface area contributed by atoms with Crippen molar-refractivity contribution in [3.63, 3.8) is 0 Å². The van der Waals surface area contributed by atoms with Crippen LogP contribution < -0.4 is 0 Å². The number of unbranched alkanes of at least 4 members (excludes halogenated alkanes) is 1. The number of aromatic carboxylic acids is 2. The highest BCUT2D eigenvalue weighted by Crippen LogP contribution is 2.45. The van der Waals surface area contributed by atoms with Gasteiger partial charge in [0.25, 0.3) is 11.8 Å². The van der Waals surface area contributed by atoms with Crippen LogP contribution in [0.1, 0.15) is 54.3 Å². The third-order valence-electron chi connectivity index (χ3n) is 7.10. The average Bonchev–Trinajstić information content (AvgIpc) is 2.87. The van der Waals surface area contributed by atoms with Crippen molar-refractivity contribution in [2.24, 2.45) is 0 Å². The second kappa shape index (κ2) is 7.73. The summed E-state index contributed by atoms with van der Waals surface area (Å²) in [5, 5.41) is 33.3. The van der Waals surface area contributed by atoms with Gasteiger partial charge in [0.1, 0.15) is 0 Å². The molecule has 5 aromatic rings. The summed E-state index contributed by atoms with van der Waals surface area (Å²) in [5.41, 5.74) is 0.591. The minimum atomic E-state index is -1.23. The van der Waals surface area contributed by atoms with E-state index >= 15 is 0 Å². The van der Waals surface area contributed by atoms with E-state index in [-0.39, 0.29) is 29.7 Å². The lowest BCUT2D eigenvalue weighted by molar-refractivity contribution is 0.0602. The number of rotatable bonds is 6. The molecule has 0 aliphatic carbocycles. The van der Waals surface area contributed by atoms with Crippen LogP contribution in [0.15, 0.2) is 48.5 Å². The van der Waals surface area contributed by atoms with Gasteiger partial charge in [0.15, 0.2) is 0 Å². The molecule has 0 fully saturated rings. The van der Waals surface area contributed by atoms with Crippen LogP contribution in [0.25, 0.3) is 43.1 Å². The molecule has 0 atom stereocenters. The number of carboxylic acid groups (broad SMARTS) is 2. The molecular weight excluding hydrogens is 462 g/mol. The zero-order valence-corrected chi connectivity index (χ0v) is 18.9. The lowest BCUT2D eigenvalue weighted by Crippen LogP contribution is -2.41. The summed E-state index contributed by atoms with van der Waals surface area (Å²) in [5.74, 6) is -3.25. The van der Waals surface area contributed by atoms with Crippen LogP contribution in [0, 0.1) is 0 Å². The fourth-order valence-electron chi connectivity index (χ4n) is 5.57. The van der Waals surface area contributed by atoms with Crippen LogP contribution in [0.5, 0.6) is 0 Å². The van der Waals surface area contributed by atoms with Gasteiger partial charge in [-0.3, -0.25) is 14.5 Å². The lowest BCUT2D eigenvalue weighted by Gasteiger charge is -2.28. The molecule has 1 aliphatic heterocycles. The van der Waals surface area contributed by atoms with Gasteiger partial charge in [-0.25, -0.2) is 9.59 Å². The first-order valence-corrected chi connectivity index (χ1v) is 11.5. The van der Waals surface area contributed by atoms with Crippen LogP contribution >= 0.6 is 0 Å². The predicted octanol–water partition coefficient (Wildman–Crippen LogP) is 4.50. The van der Waals surface area contributed by atoms with Gasteiger partial charge >= 0.3 is 11.9 Å². The third kappa shape index (κ3) is 2.79. The fraction of sp³-hybridized carbons (Fsp3) is 0.143. The molecule has 1 heterocycles. The Bertz CT molecular complexity index is 1690. The highest BCUT2D eigenvalue weighted by molar-refractivity contribution is 6.39. The predicted molar refractivity (Wildman–Crippen MR) is 133 cm³/mol. The topological polar surface area (TPSA) is 132 Å². The number of aliphatic hydroxyl groups excluding tert-OH is 1. The summed E-state index contributed by atoms with van der Waals surface area (Å²) < 4.78 is 0. The Morgan fingerprint density at radius 2 is 1.06 bits per heavy atom.